The molecule has 1 amide bonds. The Labute approximate surface area is 118 Å². The zero-order chi connectivity index (χ0) is 15.4. The van der Waals surface area contributed by atoms with Crippen LogP contribution in [0.3, 0.4) is 0 Å². The molecule has 0 saturated carbocycles. The number of aliphatic hydroxyl groups excluding tert-OH is 1. The van der Waals surface area contributed by atoms with E-state index in [-0.39, 0.29) is 6.61 Å². The number of carbonyl (C=O) groups excluding carboxylic acids is 1. The summed E-state index contributed by atoms with van der Waals surface area (Å²) in [5, 5.41) is 12.0. The summed E-state index contributed by atoms with van der Waals surface area (Å²) in [4.78, 5) is 11.8. The number of hydrogen-bond donors (Lipinski definition) is 2. The molecule has 7 heteroatoms. The number of carbonyl (C=O) groups is 1. The third kappa shape index (κ3) is 4.17. The zero-order valence-electron chi connectivity index (χ0n) is 12.5. The molecule has 0 spiro atoms. The monoisotopic (exact) mass is 289 g/mol. The van der Waals surface area contributed by atoms with Gasteiger partial charge in [0.1, 0.15) is 11.6 Å². The fraction of sp³-hybridized carbons (Fsp3) is 0.769. The molecule has 0 aromatic carbocycles. The fourth-order valence-corrected chi connectivity index (χ4v) is 1.78. The van der Waals surface area contributed by atoms with Crippen LogP contribution in [0.5, 0.6) is 0 Å². The van der Waals surface area contributed by atoms with E-state index in [1.165, 1.54) is 14.2 Å². The number of nitrogens with one attached hydrogen (secondary N) is 1. The number of ether oxygens (including phenoxy) is 4. The van der Waals surface area contributed by atoms with Crippen LogP contribution in [0.15, 0.2) is 12.2 Å². The van der Waals surface area contributed by atoms with Gasteiger partial charge in [0.2, 0.25) is 5.79 Å². The van der Waals surface area contributed by atoms with Gasteiger partial charge in [0.25, 0.3) is 0 Å². The van der Waals surface area contributed by atoms with Crippen molar-refractivity contribution in [1.82, 2.24) is 5.32 Å². The highest BCUT2D eigenvalue weighted by Crippen LogP contribution is 2.28. The number of methoxy groups -OCH3 is 2. The Morgan fingerprint density at radius 1 is 1.50 bits per heavy atom. The van der Waals surface area contributed by atoms with Crippen LogP contribution in [0.1, 0.15) is 20.8 Å². The van der Waals surface area contributed by atoms with Crippen molar-refractivity contribution in [2.75, 3.05) is 20.8 Å². The van der Waals surface area contributed by atoms with Crippen molar-refractivity contribution in [2.24, 2.45) is 0 Å². The third-order valence-electron chi connectivity index (χ3n) is 2.70. The van der Waals surface area contributed by atoms with E-state index in [9.17, 15) is 9.90 Å². The first-order chi connectivity index (χ1) is 9.26. The molecule has 0 fully saturated rings. The molecule has 0 saturated heterocycles. The molecule has 1 aliphatic heterocycles. The highest BCUT2D eigenvalue weighted by molar-refractivity contribution is 5.68. The van der Waals surface area contributed by atoms with Crippen LogP contribution >= 0.6 is 0 Å². The zero-order valence-corrected chi connectivity index (χ0v) is 12.5. The normalized spacial score (nSPS) is 27.4. The molecular weight excluding hydrogens is 266 g/mol. The lowest BCUT2D eigenvalue weighted by Crippen LogP contribution is -2.56. The Kier molecular flexibility index (Phi) is 5.52. The summed E-state index contributed by atoms with van der Waals surface area (Å²) in [5.41, 5.74) is -0.633. The smallest absolute Gasteiger partial charge is 0.408 e. The summed E-state index contributed by atoms with van der Waals surface area (Å²) in [5.74, 6) is -1.29. The van der Waals surface area contributed by atoms with Crippen molar-refractivity contribution in [3.63, 3.8) is 0 Å². The highest BCUT2D eigenvalue weighted by Gasteiger charge is 2.44. The molecule has 7 nitrogen and oxygen atoms in total. The summed E-state index contributed by atoms with van der Waals surface area (Å²) in [6, 6.07) is -0.821. The minimum absolute atomic E-state index is 0.381. The topological polar surface area (TPSA) is 86.2 Å². The molecule has 0 aromatic heterocycles. The van der Waals surface area contributed by atoms with Gasteiger partial charge in [-0.3, -0.25) is 0 Å². The van der Waals surface area contributed by atoms with Crippen LogP contribution in [0.4, 0.5) is 4.79 Å². The molecule has 20 heavy (non-hydrogen) atoms. The lowest BCUT2D eigenvalue weighted by Gasteiger charge is -2.34. The van der Waals surface area contributed by atoms with Crippen LogP contribution in [0, 0.1) is 0 Å². The maximum atomic E-state index is 11.8. The largest absolute Gasteiger partial charge is 0.444 e. The van der Waals surface area contributed by atoms with Gasteiger partial charge < -0.3 is 29.4 Å². The van der Waals surface area contributed by atoms with Crippen LogP contribution in [0.25, 0.3) is 0 Å². The van der Waals surface area contributed by atoms with E-state index < -0.39 is 29.8 Å². The molecule has 1 aliphatic rings. The maximum Gasteiger partial charge on any atom is 0.408 e. The summed E-state index contributed by atoms with van der Waals surface area (Å²) >= 11 is 0. The van der Waals surface area contributed by atoms with Crippen molar-refractivity contribution in [2.45, 2.75) is 44.5 Å². The van der Waals surface area contributed by atoms with E-state index in [0.717, 1.165) is 0 Å². The molecule has 1 heterocycles. The Morgan fingerprint density at radius 2 is 2.15 bits per heavy atom. The van der Waals surface area contributed by atoms with E-state index in [1.54, 1.807) is 32.9 Å². The Morgan fingerprint density at radius 3 is 2.55 bits per heavy atom. The summed E-state index contributed by atoms with van der Waals surface area (Å²) in [6.45, 7) is 4.87. The predicted octanol–water partition coefficient (Wildman–Crippen LogP) is 0.774. The van der Waals surface area contributed by atoms with E-state index in [1.807, 2.05) is 0 Å². The fourth-order valence-electron chi connectivity index (χ4n) is 1.78. The van der Waals surface area contributed by atoms with Gasteiger partial charge in [-0.15, -0.1) is 0 Å². The predicted molar refractivity (Wildman–Crippen MR) is 71.0 cm³/mol. The minimum Gasteiger partial charge on any atom is -0.444 e. The summed E-state index contributed by atoms with van der Waals surface area (Å²) < 4.78 is 21.0. The molecule has 3 atom stereocenters. The standard InChI is InChI=1S/C13H23NO6/c1-12(2,3)20-11(16)14-9(8-15)13(18-5)7-6-10(17-4)19-13/h6-7,9-10,15H,8H2,1-5H3,(H,14,16)/t9-,10?,13?/m1/s1. The van der Waals surface area contributed by atoms with Gasteiger partial charge in [-0.2, -0.15) is 0 Å². The SMILES string of the molecule is COC1C=CC(OC)([C@@H](CO)NC(=O)OC(C)(C)C)O1. The first kappa shape index (κ1) is 16.9. The first-order valence-electron chi connectivity index (χ1n) is 6.32. The van der Waals surface area contributed by atoms with Gasteiger partial charge in [0, 0.05) is 14.2 Å². The lowest BCUT2D eigenvalue weighted by molar-refractivity contribution is -0.257. The average Bonchev–Trinajstić information content (AvgIpc) is 2.78. The van der Waals surface area contributed by atoms with Crippen molar-refractivity contribution in [3.8, 4) is 0 Å². The molecule has 0 aliphatic carbocycles. The molecule has 0 bridgehead atoms. The van der Waals surface area contributed by atoms with E-state index in [4.69, 9.17) is 18.9 Å². The van der Waals surface area contributed by atoms with Crippen LogP contribution in [-0.2, 0) is 18.9 Å². The summed E-state index contributed by atoms with van der Waals surface area (Å²) in [7, 11) is 2.90. The Hall–Kier alpha value is -1.15. The first-order valence-corrected chi connectivity index (χ1v) is 6.32. The van der Waals surface area contributed by atoms with Crippen LogP contribution in [-0.4, -0.2) is 55.7 Å². The average molecular weight is 289 g/mol. The molecule has 2 N–H and O–H groups in total. The van der Waals surface area contributed by atoms with Gasteiger partial charge in [-0.1, -0.05) is 0 Å². The molecule has 1 rings (SSSR count). The third-order valence-corrected chi connectivity index (χ3v) is 2.70. The molecular formula is C13H23NO6. The minimum atomic E-state index is -1.29. The van der Waals surface area contributed by atoms with Crippen molar-refractivity contribution in [3.05, 3.63) is 12.2 Å². The molecule has 2 unspecified atom stereocenters. The number of alkyl carbamates (subject to hydrolysis) is 1. The van der Waals surface area contributed by atoms with Crippen LogP contribution in [0.2, 0.25) is 0 Å². The lowest BCUT2D eigenvalue weighted by atomic mass is 10.1. The van der Waals surface area contributed by atoms with Crippen LogP contribution < -0.4 is 5.32 Å². The molecule has 0 aromatic rings. The number of amides is 1. The maximum absolute atomic E-state index is 11.8. The highest BCUT2D eigenvalue weighted by atomic mass is 16.8. The second kappa shape index (κ2) is 6.53. The number of hydrogen-bond acceptors (Lipinski definition) is 6. The number of rotatable bonds is 5. The van der Waals surface area contributed by atoms with Crippen molar-refractivity contribution >= 4 is 6.09 Å². The van der Waals surface area contributed by atoms with Gasteiger partial charge in [0.05, 0.1) is 6.61 Å². The van der Waals surface area contributed by atoms with Gasteiger partial charge in [-0.25, -0.2) is 4.79 Å². The van der Waals surface area contributed by atoms with Gasteiger partial charge >= 0.3 is 6.09 Å². The van der Waals surface area contributed by atoms with E-state index in [2.05, 4.69) is 5.32 Å². The quantitative estimate of drug-likeness (QED) is 0.727. The molecule has 116 valence electrons. The Balaban J connectivity index is 2.74. The van der Waals surface area contributed by atoms with Gasteiger partial charge in [-0.05, 0) is 32.9 Å². The molecule has 0 radical (unpaired) electrons. The summed E-state index contributed by atoms with van der Waals surface area (Å²) in [6.07, 6.45) is 1.98. The van der Waals surface area contributed by atoms with E-state index >= 15 is 0 Å². The second-order valence-electron chi connectivity index (χ2n) is 5.39. The van der Waals surface area contributed by atoms with Crippen molar-refractivity contribution < 1.29 is 28.8 Å². The second-order valence-corrected chi connectivity index (χ2v) is 5.39. The number of aliphatic hydroxyl groups is 1. The Bertz CT molecular complexity index is 364. The van der Waals surface area contributed by atoms with Gasteiger partial charge in [0.15, 0.2) is 6.29 Å². The van der Waals surface area contributed by atoms with Crippen molar-refractivity contribution in [1.29, 1.82) is 0 Å². The van der Waals surface area contributed by atoms with E-state index in [0.29, 0.717) is 0 Å².